The molecule has 0 heteroatoms. The van der Waals surface area contributed by atoms with Crippen LogP contribution in [0.2, 0.25) is 0 Å². The SMILES string of the molecule is C1CCCCCCCC(C(=C(C2CCCCCCCCCCCCCC2)C(C2CCCCCCCCCCCCCC2)C2CCCCCCCCCCCCCC2)C2CCCCCCCCCCCCCC2)CCCCCC1. The minimum absolute atomic E-state index is 0.858. The van der Waals surface area contributed by atoms with Crippen LogP contribution in [0.15, 0.2) is 11.1 Å². The summed E-state index contributed by atoms with van der Waals surface area (Å²) in [7, 11) is 0. The van der Waals surface area contributed by atoms with E-state index >= 15 is 0 Å². The second kappa shape index (κ2) is 50.1. The predicted octanol–water partition coefficient (Wildman–Crippen LogP) is 28.4. The van der Waals surface area contributed by atoms with Crippen molar-refractivity contribution < 1.29 is 0 Å². The van der Waals surface area contributed by atoms with Crippen molar-refractivity contribution in [3.05, 3.63) is 11.1 Å². The molecule has 0 heterocycles. The van der Waals surface area contributed by atoms with E-state index in [0.29, 0.717) is 0 Å². The zero-order valence-corrected chi connectivity index (χ0v) is 54.0. The van der Waals surface area contributed by atoms with Gasteiger partial charge in [0.05, 0.1) is 0 Å². The van der Waals surface area contributed by atoms with E-state index in [0.717, 1.165) is 35.5 Å². The van der Waals surface area contributed by atoms with Crippen LogP contribution >= 0.6 is 0 Å². The molecule has 0 aromatic rings. The number of hydrogen-bond donors (Lipinski definition) is 0. The second-order valence-corrected chi connectivity index (χ2v) is 29.1. The molecule has 78 heavy (non-hydrogen) atoms. The summed E-state index contributed by atoms with van der Waals surface area (Å²) in [4.78, 5) is 0. The van der Waals surface area contributed by atoms with E-state index < -0.39 is 0 Å². The van der Waals surface area contributed by atoms with Crippen molar-refractivity contribution in [1.29, 1.82) is 0 Å². The molecule has 5 aliphatic carbocycles. The predicted molar refractivity (Wildman–Crippen MR) is 351 cm³/mol. The van der Waals surface area contributed by atoms with Gasteiger partial charge in [0.2, 0.25) is 0 Å². The molecule has 5 aliphatic rings. The molecule has 5 saturated carbocycles. The van der Waals surface area contributed by atoms with Gasteiger partial charge in [0, 0.05) is 0 Å². The molecule has 0 N–H and O–H groups in total. The lowest BCUT2D eigenvalue weighted by Crippen LogP contribution is -2.33. The molecule has 0 radical (unpaired) electrons. The van der Waals surface area contributed by atoms with Crippen molar-refractivity contribution in [3.8, 4) is 0 Å². The van der Waals surface area contributed by atoms with E-state index in [4.69, 9.17) is 0 Å². The Kier molecular flexibility index (Phi) is 44.0. The molecule has 0 atom stereocenters. The average Bonchev–Trinajstić information content (AvgIpc) is 3.52. The highest BCUT2D eigenvalue weighted by molar-refractivity contribution is 5.27. The summed E-state index contributed by atoms with van der Waals surface area (Å²) in [6.45, 7) is 0. The van der Waals surface area contributed by atoms with E-state index in [9.17, 15) is 0 Å². The number of rotatable bonds is 6. The molecule has 458 valence electrons. The Morgan fingerprint density at radius 3 is 0.436 bits per heavy atom. The molecule has 0 aromatic carbocycles. The molecule has 0 unspecified atom stereocenters. The van der Waals surface area contributed by atoms with E-state index in [1.807, 2.05) is 0 Å². The third-order valence-electron chi connectivity index (χ3n) is 22.4. The Balaban J connectivity index is 1.76. The molecule has 0 nitrogen and oxygen atoms in total. The first-order chi connectivity index (χ1) is 38.9. The van der Waals surface area contributed by atoms with Gasteiger partial charge in [0.25, 0.3) is 0 Å². The average molecular weight is 1080 g/mol. The van der Waals surface area contributed by atoms with Gasteiger partial charge in [-0.15, -0.1) is 0 Å². The maximum Gasteiger partial charge on any atom is -0.0141 e. The molecule has 5 fully saturated rings. The van der Waals surface area contributed by atoms with E-state index in [-0.39, 0.29) is 0 Å². The second-order valence-electron chi connectivity index (χ2n) is 29.1. The summed E-state index contributed by atoms with van der Waals surface area (Å²) < 4.78 is 0. The normalized spacial score (nSPS) is 25.8. The maximum atomic E-state index is 2.33. The zero-order chi connectivity index (χ0) is 54.1. The van der Waals surface area contributed by atoms with Crippen molar-refractivity contribution >= 4 is 0 Å². The smallest absolute Gasteiger partial charge is 0.0141 e. The first-order valence-corrected chi connectivity index (χ1v) is 38.7. The van der Waals surface area contributed by atoms with Crippen LogP contribution in [0.5, 0.6) is 0 Å². The van der Waals surface area contributed by atoms with Crippen molar-refractivity contribution in [1.82, 2.24) is 0 Å². The Labute approximate surface area is 493 Å². The van der Waals surface area contributed by atoms with Crippen molar-refractivity contribution in [3.63, 3.8) is 0 Å². The Morgan fingerprint density at radius 1 is 0.141 bits per heavy atom. The number of hydrogen-bond acceptors (Lipinski definition) is 0. The molecule has 0 bridgehead atoms. The van der Waals surface area contributed by atoms with Crippen LogP contribution in [0.25, 0.3) is 0 Å². The summed E-state index contributed by atoms with van der Waals surface area (Å²) in [6.07, 6.45) is 106. The summed E-state index contributed by atoms with van der Waals surface area (Å²) in [5.74, 6) is 5.30. The minimum Gasteiger partial charge on any atom is -0.0642 e. The highest BCUT2D eigenvalue weighted by atomic mass is 14.4. The highest BCUT2D eigenvalue weighted by Gasteiger charge is 2.39. The summed E-state index contributed by atoms with van der Waals surface area (Å²) in [6, 6.07) is 0. The van der Waals surface area contributed by atoms with E-state index in [1.165, 1.54) is 385 Å². The fourth-order valence-electron chi connectivity index (χ4n) is 17.6. The molecular formula is C78H146. The lowest BCUT2D eigenvalue weighted by atomic mass is 9.61. The quantitative estimate of drug-likeness (QED) is 0.233. The summed E-state index contributed by atoms with van der Waals surface area (Å²) in [5, 5.41) is 0. The van der Waals surface area contributed by atoms with Gasteiger partial charge < -0.3 is 0 Å². The van der Waals surface area contributed by atoms with Crippen LogP contribution in [-0.4, -0.2) is 0 Å². The Bertz CT molecular complexity index is 1150. The van der Waals surface area contributed by atoms with Gasteiger partial charge in [-0.2, -0.15) is 0 Å². The van der Waals surface area contributed by atoms with Gasteiger partial charge >= 0.3 is 0 Å². The number of allylic oxidation sites excluding steroid dienone is 2. The molecule has 0 amide bonds. The van der Waals surface area contributed by atoms with Gasteiger partial charge in [-0.05, 0) is 99.7 Å². The van der Waals surface area contributed by atoms with Gasteiger partial charge in [-0.1, -0.05) is 396 Å². The van der Waals surface area contributed by atoms with Crippen LogP contribution in [0.1, 0.15) is 449 Å². The molecule has 5 rings (SSSR count). The first-order valence-electron chi connectivity index (χ1n) is 38.7. The monoisotopic (exact) mass is 1080 g/mol. The topological polar surface area (TPSA) is 0 Å². The third-order valence-corrected chi connectivity index (χ3v) is 22.4. The Morgan fingerprint density at radius 2 is 0.269 bits per heavy atom. The third kappa shape index (κ3) is 33.3. The summed E-state index contributed by atoms with van der Waals surface area (Å²) in [5.41, 5.74) is 4.62. The molecule has 0 aromatic heterocycles. The van der Waals surface area contributed by atoms with Crippen molar-refractivity contribution in [2.75, 3.05) is 0 Å². The fourth-order valence-corrected chi connectivity index (χ4v) is 17.6. The van der Waals surface area contributed by atoms with Crippen LogP contribution in [0.4, 0.5) is 0 Å². The lowest BCUT2D eigenvalue weighted by Gasteiger charge is -2.44. The van der Waals surface area contributed by atoms with Gasteiger partial charge in [0.1, 0.15) is 0 Å². The molecule has 0 aliphatic heterocycles. The van der Waals surface area contributed by atoms with Crippen LogP contribution in [0, 0.1) is 35.5 Å². The van der Waals surface area contributed by atoms with Crippen molar-refractivity contribution in [2.45, 2.75) is 449 Å². The van der Waals surface area contributed by atoms with E-state index in [1.54, 1.807) is 64.2 Å². The standard InChI is InChI=1S/C78H146/c1-2-12-22-32-42-52-62-71(61-51-41-31-21-11-1)76(72-63-53-43-33-23-13-3-4-14-24-34-44-54-64-72)78(75-69-59-49-39-29-19-9-10-20-30-40-50-60-70-75)77(73-65-55-45-35-25-15-5-6-16-26-36-46-56-66-73)74-67-57-47-37-27-17-7-8-18-28-38-48-58-68-74/h71-76H,1-70H2. The van der Waals surface area contributed by atoms with E-state index in [2.05, 4.69) is 11.1 Å². The van der Waals surface area contributed by atoms with Gasteiger partial charge in [-0.25, -0.2) is 0 Å². The summed E-state index contributed by atoms with van der Waals surface area (Å²) >= 11 is 0. The van der Waals surface area contributed by atoms with Crippen LogP contribution in [0.3, 0.4) is 0 Å². The largest absolute Gasteiger partial charge is 0.0642 e. The highest BCUT2D eigenvalue weighted by Crippen LogP contribution is 2.51. The van der Waals surface area contributed by atoms with Crippen molar-refractivity contribution in [2.24, 2.45) is 35.5 Å². The zero-order valence-electron chi connectivity index (χ0n) is 54.0. The van der Waals surface area contributed by atoms with Gasteiger partial charge in [-0.3, -0.25) is 0 Å². The lowest BCUT2D eigenvalue weighted by molar-refractivity contribution is 0.177. The minimum atomic E-state index is 0.858. The molecule has 0 saturated heterocycles. The van der Waals surface area contributed by atoms with Crippen LogP contribution < -0.4 is 0 Å². The van der Waals surface area contributed by atoms with Gasteiger partial charge in [0.15, 0.2) is 0 Å². The van der Waals surface area contributed by atoms with Crippen LogP contribution in [-0.2, 0) is 0 Å². The first kappa shape index (κ1) is 68.5. The molecular weight excluding hydrogens is 937 g/mol. The Hall–Kier alpha value is -0.260. The maximum absolute atomic E-state index is 2.33. The molecule has 0 spiro atoms. The fraction of sp³-hybridized carbons (Fsp3) is 0.974.